The fraction of sp³-hybridized carbons (Fsp3) is 0.273. The van der Waals surface area contributed by atoms with Crippen molar-refractivity contribution in [1.82, 2.24) is 19.7 Å². The van der Waals surface area contributed by atoms with Gasteiger partial charge in [0.2, 0.25) is 0 Å². The molecule has 2 aromatic heterocycles. The summed E-state index contributed by atoms with van der Waals surface area (Å²) >= 11 is 1.18. The number of aromatic amines is 1. The molecule has 0 saturated heterocycles. The van der Waals surface area contributed by atoms with Gasteiger partial charge in [0, 0.05) is 12.2 Å². The number of aryl methyl sites for hydroxylation is 1. The first-order chi connectivity index (χ1) is 9.56. The molecule has 2 aromatic rings. The predicted molar refractivity (Wildman–Crippen MR) is 74.1 cm³/mol. The van der Waals surface area contributed by atoms with Crippen LogP contribution < -0.4 is 11.4 Å². The molecule has 0 spiro atoms. The van der Waals surface area contributed by atoms with E-state index in [0.717, 1.165) is 5.69 Å². The van der Waals surface area contributed by atoms with Crippen LogP contribution in [0.4, 0.5) is 0 Å². The maximum absolute atomic E-state index is 11.5. The van der Waals surface area contributed by atoms with Gasteiger partial charge in [0.05, 0.1) is 5.56 Å². The summed E-state index contributed by atoms with van der Waals surface area (Å²) in [6.45, 7) is 4.16. The zero-order chi connectivity index (χ0) is 14.7. The lowest BCUT2D eigenvalue weighted by atomic mass is 10.2. The molecule has 4 N–H and O–H groups in total. The van der Waals surface area contributed by atoms with Gasteiger partial charge in [-0.2, -0.15) is 0 Å². The maximum atomic E-state index is 11.5. The Labute approximate surface area is 118 Å². The average Bonchev–Trinajstić information content (AvgIpc) is 2.78. The van der Waals surface area contributed by atoms with Crippen molar-refractivity contribution < 1.29 is 5.21 Å². The number of hydrogen-bond acceptors (Lipinski definition) is 6. The second kappa shape index (κ2) is 5.78. The Morgan fingerprint density at radius 2 is 2.35 bits per heavy atom. The van der Waals surface area contributed by atoms with Crippen LogP contribution in [-0.4, -0.2) is 30.8 Å². The van der Waals surface area contributed by atoms with E-state index in [1.807, 2.05) is 13.8 Å². The lowest BCUT2D eigenvalue weighted by Crippen LogP contribution is -2.17. The lowest BCUT2D eigenvalue weighted by Gasteiger charge is -2.07. The highest BCUT2D eigenvalue weighted by Crippen LogP contribution is 2.26. The lowest BCUT2D eigenvalue weighted by molar-refractivity contribution is 0.318. The molecule has 2 heterocycles. The average molecular weight is 294 g/mol. The van der Waals surface area contributed by atoms with E-state index in [1.165, 1.54) is 16.3 Å². The van der Waals surface area contributed by atoms with Crippen molar-refractivity contribution in [3.8, 4) is 0 Å². The molecule has 0 aliphatic heterocycles. The third kappa shape index (κ3) is 2.67. The van der Waals surface area contributed by atoms with E-state index in [-0.39, 0.29) is 11.5 Å². The largest absolute Gasteiger partial charge is 0.409 e. The monoisotopic (exact) mass is 294 g/mol. The summed E-state index contributed by atoms with van der Waals surface area (Å²) in [5.74, 6) is -0.0408. The highest BCUT2D eigenvalue weighted by molar-refractivity contribution is 7.99. The highest BCUT2D eigenvalue weighted by atomic mass is 32.2. The van der Waals surface area contributed by atoms with Crippen LogP contribution in [0.3, 0.4) is 0 Å². The third-order valence-electron chi connectivity index (χ3n) is 2.61. The number of oxime groups is 1. The van der Waals surface area contributed by atoms with Crippen LogP contribution in [0.5, 0.6) is 0 Å². The van der Waals surface area contributed by atoms with Crippen LogP contribution in [0.15, 0.2) is 32.3 Å². The number of nitrogens with two attached hydrogens (primary N) is 1. The van der Waals surface area contributed by atoms with E-state index in [1.54, 1.807) is 12.1 Å². The van der Waals surface area contributed by atoms with Gasteiger partial charge in [0.15, 0.2) is 11.0 Å². The Balaban J connectivity index is 2.47. The molecule has 0 amide bonds. The van der Waals surface area contributed by atoms with Crippen molar-refractivity contribution in [3.05, 3.63) is 33.9 Å². The van der Waals surface area contributed by atoms with Crippen LogP contribution in [0.1, 0.15) is 18.2 Å². The standard InChI is InChI=1S/C11H14N6O2S/c1-3-17-10(18)14-15-11(17)20-9-7(8(12)16-19)5-4-6(2)13-9/h4-5,19H,3H2,1-2H3,(H2,12,16)(H,14,18). The van der Waals surface area contributed by atoms with Gasteiger partial charge in [-0.15, -0.1) is 5.10 Å². The fourth-order valence-electron chi connectivity index (χ4n) is 1.61. The number of hydrogen-bond donors (Lipinski definition) is 3. The van der Waals surface area contributed by atoms with Gasteiger partial charge in [-0.05, 0) is 37.7 Å². The van der Waals surface area contributed by atoms with E-state index < -0.39 is 0 Å². The molecule has 0 bridgehead atoms. The first-order valence-corrected chi connectivity index (χ1v) is 6.67. The molecule has 0 fully saturated rings. The molecule has 0 saturated carbocycles. The van der Waals surface area contributed by atoms with Gasteiger partial charge in [-0.3, -0.25) is 4.57 Å². The minimum Gasteiger partial charge on any atom is -0.409 e. The molecule has 9 heteroatoms. The molecule has 0 aromatic carbocycles. The van der Waals surface area contributed by atoms with Crippen molar-refractivity contribution in [2.75, 3.05) is 0 Å². The molecule has 0 unspecified atom stereocenters. The smallest absolute Gasteiger partial charge is 0.343 e. The maximum Gasteiger partial charge on any atom is 0.343 e. The number of nitrogens with one attached hydrogen (secondary N) is 1. The normalized spacial score (nSPS) is 11.8. The van der Waals surface area contributed by atoms with Gasteiger partial charge >= 0.3 is 5.69 Å². The molecular weight excluding hydrogens is 280 g/mol. The minimum absolute atomic E-state index is 0.0408. The van der Waals surface area contributed by atoms with Gasteiger partial charge in [0.25, 0.3) is 0 Å². The zero-order valence-electron chi connectivity index (χ0n) is 11.0. The number of amidine groups is 1. The van der Waals surface area contributed by atoms with Crippen molar-refractivity contribution >= 4 is 17.6 Å². The number of pyridine rings is 1. The second-order valence-corrected chi connectivity index (χ2v) is 4.90. The Bertz CT molecular complexity index is 705. The van der Waals surface area contributed by atoms with Crippen molar-refractivity contribution in [1.29, 1.82) is 0 Å². The quantitative estimate of drug-likeness (QED) is 0.327. The van der Waals surface area contributed by atoms with E-state index in [2.05, 4.69) is 20.3 Å². The summed E-state index contributed by atoms with van der Waals surface area (Å²) in [6.07, 6.45) is 0. The Morgan fingerprint density at radius 1 is 1.60 bits per heavy atom. The van der Waals surface area contributed by atoms with Crippen LogP contribution in [0.25, 0.3) is 0 Å². The summed E-state index contributed by atoms with van der Waals surface area (Å²) in [7, 11) is 0. The molecule has 8 nitrogen and oxygen atoms in total. The summed E-state index contributed by atoms with van der Waals surface area (Å²) in [5, 5.41) is 19.1. The SMILES string of the molecule is CCn1c(Sc2nc(C)ccc2C(N)=NO)n[nH]c1=O. The molecule has 20 heavy (non-hydrogen) atoms. The molecule has 0 aliphatic carbocycles. The molecule has 2 rings (SSSR count). The molecule has 0 aliphatic rings. The summed E-state index contributed by atoms with van der Waals surface area (Å²) in [5.41, 5.74) is 6.61. The van der Waals surface area contributed by atoms with E-state index >= 15 is 0 Å². The van der Waals surface area contributed by atoms with Gasteiger partial charge in [-0.1, -0.05) is 5.16 Å². The fourth-order valence-corrected chi connectivity index (χ4v) is 2.66. The Hall–Kier alpha value is -2.29. The Kier molecular flexibility index (Phi) is 4.08. The summed E-state index contributed by atoms with van der Waals surface area (Å²) < 4.78 is 1.48. The van der Waals surface area contributed by atoms with Crippen molar-refractivity contribution in [2.24, 2.45) is 10.9 Å². The second-order valence-electron chi connectivity index (χ2n) is 3.95. The third-order valence-corrected chi connectivity index (χ3v) is 3.61. The first-order valence-electron chi connectivity index (χ1n) is 5.85. The molecule has 0 atom stereocenters. The molecule has 0 radical (unpaired) electrons. The number of aromatic nitrogens is 4. The van der Waals surface area contributed by atoms with Crippen LogP contribution in [0, 0.1) is 6.92 Å². The number of H-pyrrole nitrogens is 1. The highest BCUT2D eigenvalue weighted by Gasteiger charge is 2.15. The summed E-state index contributed by atoms with van der Waals surface area (Å²) in [6, 6.07) is 3.47. The van der Waals surface area contributed by atoms with E-state index in [0.29, 0.717) is 22.3 Å². The van der Waals surface area contributed by atoms with E-state index in [9.17, 15) is 4.79 Å². The van der Waals surface area contributed by atoms with Crippen molar-refractivity contribution in [3.63, 3.8) is 0 Å². The van der Waals surface area contributed by atoms with Crippen molar-refractivity contribution in [2.45, 2.75) is 30.6 Å². The topological polar surface area (TPSA) is 122 Å². The predicted octanol–water partition coefficient (Wildman–Crippen LogP) is 0.540. The minimum atomic E-state index is -0.284. The van der Waals surface area contributed by atoms with E-state index in [4.69, 9.17) is 10.9 Å². The number of rotatable bonds is 4. The van der Waals surface area contributed by atoms with Gasteiger partial charge < -0.3 is 10.9 Å². The van der Waals surface area contributed by atoms with Gasteiger partial charge in [0.1, 0.15) is 5.03 Å². The molecule has 106 valence electrons. The van der Waals surface area contributed by atoms with Gasteiger partial charge in [-0.25, -0.2) is 14.9 Å². The van der Waals surface area contributed by atoms with Crippen LogP contribution in [-0.2, 0) is 6.54 Å². The molecular formula is C11H14N6O2S. The van der Waals surface area contributed by atoms with Crippen LogP contribution in [0.2, 0.25) is 0 Å². The Morgan fingerprint density at radius 3 is 3.00 bits per heavy atom. The van der Waals surface area contributed by atoms with Crippen LogP contribution >= 0.6 is 11.8 Å². The zero-order valence-corrected chi connectivity index (χ0v) is 11.8. The first kappa shape index (κ1) is 14.1. The number of nitrogens with zero attached hydrogens (tertiary/aromatic N) is 4. The summed E-state index contributed by atoms with van der Waals surface area (Å²) in [4.78, 5) is 15.9.